The Morgan fingerprint density at radius 1 is 1.43 bits per heavy atom. The molecule has 0 bridgehead atoms. The van der Waals surface area contributed by atoms with Crippen LogP contribution in [0.1, 0.15) is 33.6 Å². The fraction of sp³-hybridized carbons (Fsp3) is 0.900. The minimum atomic E-state index is -1.71. The van der Waals surface area contributed by atoms with Crippen LogP contribution >= 0.6 is 0 Å². The summed E-state index contributed by atoms with van der Waals surface area (Å²) in [6.07, 6.45) is 1.40. The average Bonchev–Trinajstić information content (AvgIpc) is 2.31. The summed E-state index contributed by atoms with van der Waals surface area (Å²) in [7, 11) is -1.71. The van der Waals surface area contributed by atoms with E-state index in [0.29, 0.717) is 6.42 Å². The van der Waals surface area contributed by atoms with Crippen molar-refractivity contribution in [2.75, 3.05) is 0 Å². The van der Waals surface area contributed by atoms with Crippen molar-refractivity contribution in [3.05, 3.63) is 0 Å². The number of carbonyl (C=O) groups is 1. The van der Waals surface area contributed by atoms with Crippen molar-refractivity contribution in [3.63, 3.8) is 0 Å². The maximum Gasteiger partial charge on any atom is 0.222 e. The van der Waals surface area contributed by atoms with Crippen LogP contribution in [0, 0.1) is 0 Å². The van der Waals surface area contributed by atoms with Gasteiger partial charge in [-0.15, -0.1) is 0 Å². The van der Waals surface area contributed by atoms with E-state index >= 15 is 0 Å². The number of amides is 1. The fourth-order valence-corrected chi connectivity index (χ4v) is 2.45. The smallest absolute Gasteiger partial charge is 0.222 e. The second kappa shape index (κ2) is 3.66. The minimum Gasteiger partial charge on any atom is -0.397 e. The van der Waals surface area contributed by atoms with Crippen LogP contribution in [0.3, 0.4) is 0 Å². The van der Waals surface area contributed by atoms with E-state index in [1.807, 2.05) is 0 Å². The Hall–Kier alpha value is -0.353. The summed E-state index contributed by atoms with van der Waals surface area (Å²) in [5, 5.41) is 3.06. The molecule has 0 saturated carbocycles. The first-order valence-corrected chi connectivity index (χ1v) is 8.10. The van der Waals surface area contributed by atoms with E-state index in [9.17, 15) is 4.79 Å². The molecule has 1 amide bonds. The normalized spacial score (nSPS) is 23.8. The van der Waals surface area contributed by atoms with Crippen LogP contribution in [-0.4, -0.2) is 20.5 Å². The van der Waals surface area contributed by atoms with E-state index in [2.05, 4.69) is 39.2 Å². The van der Waals surface area contributed by atoms with Crippen molar-refractivity contribution < 1.29 is 9.22 Å². The van der Waals surface area contributed by atoms with Crippen LogP contribution in [-0.2, 0) is 9.22 Å². The maximum absolute atomic E-state index is 11.0. The van der Waals surface area contributed by atoms with Gasteiger partial charge in [-0.2, -0.15) is 0 Å². The molecule has 1 N–H and O–H groups in total. The second-order valence-electron chi connectivity index (χ2n) is 5.47. The van der Waals surface area contributed by atoms with Gasteiger partial charge in [-0.05, 0) is 24.6 Å². The Morgan fingerprint density at radius 2 is 2.00 bits per heavy atom. The Morgan fingerprint density at radius 3 is 2.36 bits per heavy atom. The molecule has 1 aliphatic rings. The third-order valence-electron chi connectivity index (χ3n) is 3.20. The predicted molar refractivity (Wildman–Crippen MR) is 59.4 cm³/mol. The second-order valence-corrected chi connectivity index (χ2v) is 10.2. The lowest BCUT2D eigenvalue weighted by molar-refractivity contribution is -0.120. The van der Waals surface area contributed by atoms with Crippen molar-refractivity contribution in [1.82, 2.24) is 5.32 Å². The van der Waals surface area contributed by atoms with Gasteiger partial charge in [0.1, 0.15) is 6.23 Å². The van der Waals surface area contributed by atoms with Crippen LogP contribution in [0.4, 0.5) is 0 Å². The molecule has 4 heteroatoms. The molecule has 0 spiro atoms. The standard InChI is InChI=1S/C10H21NO2Si/c1-10(2,3)14(4,5)13-9-7-6-8(12)11-9/h9H,6-7H2,1-5H3,(H,11,12)/t9-/m1/s1. The van der Waals surface area contributed by atoms with E-state index in [1.165, 1.54) is 0 Å². The van der Waals surface area contributed by atoms with Gasteiger partial charge in [0.25, 0.3) is 0 Å². The van der Waals surface area contributed by atoms with Crippen LogP contribution in [0.15, 0.2) is 0 Å². The summed E-state index contributed by atoms with van der Waals surface area (Å²) in [5.74, 6) is 0.119. The molecule has 1 atom stereocenters. The van der Waals surface area contributed by atoms with Gasteiger partial charge < -0.3 is 9.74 Å². The first kappa shape index (κ1) is 11.7. The highest BCUT2D eigenvalue weighted by molar-refractivity contribution is 6.74. The van der Waals surface area contributed by atoms with Crippen LogP contribution in [0.25, 0.3) is 0 Å². The molecule has 0 aromatic rings. The molecule has 0 aromatic carbocycles. The summed E-state index contributed by atoms with van der Waals surface area (Å²) >= 11 is 0. The summed E-state index contributed by atoms with van der Waals surface area (Å²) in [6.45, 7) is 11.0. The number of carbonyl (C=O) groups excluding carboxylic acids is 1. The highest BCUT2D eigenvalue weighted by Gasteiger charge is 2.40. The molecule has 14 heavy (non-hydrogen) atoms. The lowest BCUT2D eigenvalue weighted by Gasteiger charge is -2.38. The van der Waals surface area contributed by atoms with Gasteiger partial charge in [0.05, 0.1) is 0 Å². The Bertz CT molecular complexity index is 233. The topological polar surface area (TPSA) is 38.3 Å². The molecule has 3 nitrogen and oxygen atoms in total. The van der Waals surface area contributed by atoms with E-state index in [1.54, 1.807) is 0 Å². The molecule has 0 radical (unpaired) electrons. The number of hydrogen-bond donors (Lipinski definition) is 1. The lowest BCUT2D eigenvalue weighted by Crippen LogP contribution is -2.46. The van der Waals surface area contributed by atoms with E-state index in [0.717, 1.165) is 6.42 Å². The van der Waals surface area contributed by atoms with Gasteiger partial charge in [0.2, 0.25) is 5.91 Å². The number of rotatable bonds is 2. The molecule has 0 aromatic heterocycles. The quantitative estimate of drug-likeness (QED) is 0.717. The first-order valence-electron chi connectivity index (χ1n) is 5.19. The molecule has 1 saturated heterocycles. The molecule has 1 heterocycles. The zero-order valence-corrected chi connectivity index (χ0v) is 10.8. The summed E-state index contributed by atoms with van der Waals surface area (Å²) in [6, 6.07) is 0. The molecule has 82 valence electrons. The predicted octanol–water partition coefficient (Wildman–Crippen LogP) is 2.24. The van der Waals surface area contributed by atoms with Crippen molar-refractivity contribution in [3.8, 4) is 0 Å². The fourth-order valence-electron chi connectivity index (χ4n) is 1.21. The van der Waals surface area contributed by atoms with Crippen molar-refractivity contribution in [1.29, 1.82) is 0 Å². The largest absolute Gasteiger partial charge is 0.397 e. The van der Waals surface area contributed by atoms with Crippen molar-refractivity contribution in [2.24, 2.45) is 0 Å². The third-order valence-corrected chi connectivity index (χ3v) is 7.68. The van der Waals surface area contributed by atoms with Crippen LogP contribution in [0.5, 0.6) is 0 Å². The summed E-state index contributed by atoms with van der Waals surface area (Å²) in [4.78, 5) is 11.0. The summed E-state index contributed by atoms with van der Waals surface area (Å²) in [5.41, 5.74) is 0. The van der Waals surface area contributed by atoms with Gasteiger partial charge in [-0.1, -0.05) is 20.8 Å². The van der Waals surface area contributed by atoms with Gasteiger partial charge >= 0.3 is 0 Å². The SMILES string of the molecule is CC(C)(C)[Si](C)(C)O[C@@H]1CCC(=O)N1. The maximum atomic E-state index is 11.0. The Kier molecular flexibility index (Phi) is 3.06. The highest BCUT2D eigenvalue weighted by Crippen LogP contribution is 2.37. The van der Waals surface area contributed by atoms with Gasteiger partial charge in [-0.25, -0.2) is 0 Å². The van der Waals surface area contributed by atoms with E-state index in [4.69, 9.17) is 4.43 Å². The number of hydrogen-bond acceptors (Lipinski definition) is 2. The molecule has 0 unspecified atom stereocenters. The molecule has 1 fully saturated rings. The molecular weight excluding hydrogens is 194 g/mol. The monoisotopic (exact) mass is 215 g/mol. The molecule has 0 aliphatic carbocycles. The zero-order valence-electron chi connectivity index (χ0n) is 9.81. The van der Waals surface area contributed by atoms with Crippen molar-refractivity contribution in [2.45, 2.75) is 58.0 Å². The van der Waals surface area contributed by atoms with Crippen molar-refractivity contribution >= 4 is 14.2 Å². The summed E-state index contributed by atoms with van der Waals surface area (Å²) < 4.78 is 6.04. The van der Waals surface area contributed by atoms with E-state index < -0.39 is 8.32 Å². The Balaban J connectivity index is 2.55. The molecular formula is C10H21NO2Si. The van der Waals surface area contributed by atoms with Crippen LogP contribution < -0.4 is 5.32 Å². The van der Waals surface area contributed by atoms with Gasteiger partial charge in [0, 0.05) is 6.42 Å². The van der Waals surface area contributed by atoms with E-state index in [-0.39, 0.29) is 17.2 Å². The number of nitrogens with one attached hydrogen (secondary N) is 1. The Labute approximate surface area is 87.3 Å². The van der Waals surface area contributed by atoms with Crippen LogP contribution in [0.2, 0.25) is 18.1 Å². The van der Waals surface area contributed by atoms with Gasteiger partial charge in [-0.3, -0.25) is 4.79 Å². The third kappa shape index (κ3) is 2.57. The molecule has 1 aliphatic heterocycles. The zero-order chi connectivity index (χ0) is 11.0. The highest BCUT2D eigenvalue weighted by atomic mass is 28.4. The first-order chi connectivity index (χ1) is 6.22. The lowest BCUT2D eigenvalue weighted by atomic mass is 10.2. The molecule has 1 rings (SSSR count). The average molecular weight is 215 g/mol. The van der Waals surface area contributed by atoms with Gasteiger partial charge in [0.15, 0.2) is 8.32 Å². The minimum absolute atomic E-state index is 0.0385.